The van der Waals surface area contributed by atoms with Crippen LogP contribution in [-0.4, -0.2) is 82.5 Å². The summed E-state index contributed by atoms with van der Waals surface area (Å²) in [5, 5.41) is 0.0239. The first kappa shape index (κ1) is 20.6. The van der Waals surface area contributed by atoms with Crippen LogP contribution in [0.1, 0.15) is 18.4 Å². The Morgan fingerprint density at radius 3 is 2.58 bits per heavy atom. The van der Waals surface area contributed by atoms with Gasteiger partial charge in [0.2, 0.25) is 5.91 Å². The summed E-state index contributed by atoms with van der Waals surface area (Å²) in [6, 6.07) is 9.46. The second kappa shape index (κ2) is 7.70. The summed E-state index contributed by atoms with van der Waals surface area (Å²) in [5.74, 6) is -0.00771. The van der Waals surface area contributed by atoms with Gasteiger partial charge >= 0.3 is 0 Å². The normalized spacial score (nSPS) is 24.6. The number of rotatable bonds is 4. The lowest BCUT2D eigenvalue weighted by Crippen LogP contribution is -2.62. The summed E-state index contributed by atoms with van der Waals surface area (Å²) in [4.78, 5) is 21.9. The Morgan fingerprint density at radius 1 is 1.16 bits per heavy atom. The van der Waals surface area contributed by atoms with E-state index in [1.165, 1.54) is 16.8 Å². The summed E-state index contributed by atoms with van der Waals surface area (Å²) in [6.07, 6.45) is 4.44. The van der Waals surface area contributed by atoms with Crippen LogP contribution in [0.4, 0.5) is 0 Å². The van der Waals surface area contributed by atoms with Crippen LogP contribution in [0.2, 0.25) is 0 Å². The van der Waals surface area contributed by atoms with Gasteiger partial charge < -0.3 is 14.2 Å². The van der Waals surface area contributed by atoms with Crippen molar-refractivity contribution in [1.82, 2.24) is 23.7 Å². The van der Waals surface area contributed by atoms with Gasteiger partial charge in [0.15, 0.2) is 5.03 Å². The smallest absolute Gasteiger partial charge is 0.262 e. The monoisotopic (exact) mass is 445 g/mol. The Kier molecular flexibility index (Phi) is 5.12. The minimum absolute atomic E-state index is 0.00771. The molecule has 5 rings (SSSR count). The van der Waals surface area contributed by atoms with Gasteiger partial charge in [0, 0.05) is 52.3 Å². The Labute approximate surface area is 182 Å². The zero-order valence-electron chi connectivity index (χ0n) is 17.6. The molecule has 0 radical (unpaired) electrons. The van der Waals surface area contributed by atoms with Gasteiger partial charge in [-0.3, -0.25) is 9.69 Å². The number of fused-ring (bicyclic) bond motifs is 2. The highest BCUT2D eigenvalue weighted by Gasteiger charge is 2.59. The first-order valence-electron chi connectivity index (χ1n) is 10.6. The van der Waals surface area contributed by atoms with Crippen LogP contribution >= 0.6 is 0 Å². The molecule has 1 aromatic heterocycles. The van der Waals surface area contributed by atoms with E-state index in [9.17, 15) is 13.2 Å². The van der Waals surface area contributed by atoms with Crippen LogP contribution in [0, 0.1) is 0 Å². The molecule has 9 nitrogen and oxygen atoms in total. The van der Waals surface area contributed by atoms with Crippen molar-refractivity contribution in [2.75, 3.05) is 32.8 Å². The molecule has 0 bridgehead atoms. The highest BCUT2D eigenvalue weighted by atomic mass is 32.2. The number of imidazole rings is 1. The third-order valence-corrected chi connectivity index (χ3v) is 8.44. The molecule has 1 atom stereocenters. The van der Waals surface area contributed by atoms with Crippen LogP contribution in [0.25, 0.3) is 0 Å². The lowest BCUT2D eigenvalue weighted by atomic mass is 9.96. The molecule has 3 aliphatic rings. The first-order chi connectivity index (χ1) is 14.9. The lowest BCUT2D eigenvalue weighted by Gasteiger charge is -2.48. The predicted molar refractivity (Wildman–Crippen MR) is 112 cm³/mol. The van der Waals surface area contributed by atoms with Crippen molar-refractivity contribution >= 4 is 15.9 Å². The number of piperazine rings is 1. The van der Waals surface area contributed by atoms with Crippen LogP contribution < -0.4 is 0 Å². The number of aromatic nitrogens is 2. The van der Waals surface area contributed by atoms with Crippen LogP contribution in [-0.2, 0) is 33.1 Å². The van der Waals surface area contributed by atoms with Gasteiger partial charge in [0.05, 0.1) is 19.5 Å². The number of hydrogen-bond acceptors (Lipinski definition) is 6. The quantitative estimate of drug-likeness (QED) is 0.687. The standard InChI is InChI=1S/C21H27N5O4S/c1-23-15-19(22-16-23)31(28,29)24-9-10-25-18(14-24)20(27)26(13-17-5-3-2-4-6-17)21(25)7-11-30-12-8-21/h2-6,15-16,18H,7-14H2,1H3/t18-/m1/s1. The van der Waals surface area contributed by atoms with Gasteiger partial charge in [-0.2, -0.15) is 4.31 Å². The van der Waals surface area contributed by atoms with E-state index in [1.807, 2.05) is 35.2 Å². The van der Waals surface area contributed by atoms with E-state index < -0.39 is 21.7 Å². The molecular formula is C21H27N5O4S. The molecule has 1 amide bonds. The zero-order valence-corrected chi connectivity index (χ0v) is 18.4. The molecule has 0 unspecified atom stereocenters. The third-order valence-electron chi connectivity index (χ3n) is 6.69. The van der Waals surface area contributed by atoms with Crippen molar-refractivity contribution < 1.29 is 17.9 Å². The van der Waals surface area contributed by atoms with Crippen LogP contribution in [0.5, 0.6) is 0 Å². The number of sulfonamides is 1. The Balaban J connectivity index is 1.45. The van der Waals surface area contributed by atoms with E-state index >= 15 is 0 Å². The summed E-state index contributed by atoms with van der Waals surface area (Å²) in [5.41, 5.74) is 0.649. The van der Waals surface area contributed by atoms with E-state index in [4.69, 9.17) is 4.74 Å². The number of amides is 1. The lowest BCUT2D eigenvalue weighted by molar-refractivity contribution is -0.137. The second-order valence-corrected chi connectivity index (χ2v) is 10.3. The molecule has 3 aliphatic heterocycles. The van der Waals surface area contributed by atoms with Gasteiger partial charge in [-0.05, 0) is 5.56 Å². The second-order valence-electron chi connectivity index (χ2n) is 8.45. The predicted octanol–water partition coefficient (Wildman–Crippen LogP) is 0.644. The molecule has 0 N–H and O–H groups in total. The maximum Gasteiger partial charge on any atom is 0.262 e. The van der Waals surface area contributed by atoms with E-state index in [-0.39, 0.29) is 17.5 Å². The highest BCUT2D eigenvalue weighted by Crippen LogP contribution is 2.42. The highest BCUT2D eigenvalue weighted by molar-refractivity contribution is 7.89. The largest absolute Gasteiger partial charge is 0.381 e. The van der Waals surface area contributed by atoms with Crippen LogP contribution in [0.3, 0.4) is 0 Å². The number of benzene rings is 1. The van der Waals surface area contributed by atoms with E-state index in [0.29, 0.717) is 32.8 Å². The third kappa shape index (κ3) is 3.38. The van der Waals surface area contributed by atoms with Gasteiger partial charge in [-0.1, -0.05) is 30.3 Å². The molecule has 166 valence electrons. The van der Waals surface area contributed by atoms with Crippen molar-refractivity contribution in [3.63, 3.8) is 0 Å². The fraction of sp³-hybridized carbons (Fsp3) is 0.524. The molecule has 0 aliphatic carbocycles. The first-order valence-corrected chi connectivity index (χ1v) is 12.0. The maximum absolute atomic E-state index is 13.6. The van der Waals surface area contributed by atoms with Gasteiger partial charge in [-0.15, -0.1) is 0 Å². The molecule has 3 fully saturated rings. The van der Waals surface area contributed by atoms with Crippen molar-refractivity contribution in [2.45, 2.75) is 36.1 Å². The Bertz CT molecular complexity index is 1060. The molecule has 2 aromatic rings. The summed E-state index contributed by atoms with van der Waals surface area (Å²) in [7, 11) is -2.01. The average Bonchev–Trinajstić information content (AvgIpc) is 3.32. The minimum atomic E-state index is -3.74. The number of carbonyl (C=O) groups excluding carboxylic acids is 1. The molecule has 0 saturated carbocycles. The molecule has 4 heterocycles. The molecular weight excluding hydrogens is 418 g/mol. The fourth-order valence-electron chi connectivity index (χ4n) is 5.13. The van der Waals surface area contributed by atoms with Crippen LogP contribution in [0.15, 0.2) is 47.9 Å². The molecule has 31 heavy (non-hydrogen) atoms. The van der Waals surface area contributed by atoms with Crippen molar-refractivity contribution in [1.29, 1.82) is 0 Å². The Morgan fingerprint density at radius 2 is 1.90 bits per heavy atom. The van der Waals surface area contributed by atoms with E-state index in [2.05, 4.69) is 9.88 Å². The number of hydrogen-bond donors (Lipinski definition) is 0. The SMILES string of the molecule is Cn1cnc(S(=O)(=O)N2CCN3[C@H](C2)C(=O)N(Cc2ccccc2)C32CCOCC2)c1. The molecule has 3 saturated heterocycles. The number of ether oxygens (including phenoxy) is 1. The average molecular weight is 446 g/mol. The summed E-state index contributed by atoms with van der Waals surface area (Å²) < 4.78 is 34.9. The van der Waals surface area contributed by atoms with E-state index in [1.54, 1.807) is 11.6 Å². The van der Waals surface area contributed by atoms with Gasteiger partial charge in [-0.25, -0.2) is 13.4 Å². The van der Waals surface area contributed by atoms with Crippen molar-refractivity contribution in [3.8, 4) is 0 Å². The number of carbonyl (C=O) groups is 1. The summed E-state index contributed by atoms with van der Waals surface area (Å²) >= 11 is 0. The Hall–Kier alpha value is -2.27. The maximum atomic E-state index is 13.6. The molecule has 1 aromatic carbocycles. The topological polar surface area (TPSA) is 88.0 Å². The summed E-state index contributed by atoms with van der Waals surface area (Å²) in [6.45, 7) is 2.69. The fourth-order valence-corrected chi connectivity index (χ4v) is 6.53. The van der Waals surface area contributed by atoms with Crippen molar-refractivity contribution in [2.24, 2.45) is 7.05 Å². The van der Waals surface area contributed by atoms with Gasteiger partial charge in [0.25, 0.3) is 10.0 Å². The molecule has 10 heteroatoms. The minimum Gasteiger partial charge on any atom is -0.381 e. The van der Waals surface area contributed by atoms with E-state index in [0.717, 1.165) is 18.4 Å². The number of aryl methyl sites for hydroxylation is 1. The number of nitrogens with zero attached hydrogens (tertiary/aromatic N) is 5. The zero-order chi connectivity index (χ0) is 21.6. The van der Waals surface area contributed by atoms with Crippen molar-refractivity contribution in [3.05, 3.63) is 48.4 Å². The van der Waals surface area contributed by atoms with Gasteiger partial charge in [0.1, 0.15) is 11.7 Å². The molecule has 1 spiro atoms.